The van der Waals surface area contributed by atoms with E-state index in [2.05, 4.69) is 4.72 Å². The molecule has 0 bridgehead atoms. The summed E-state index contributed by atoms with van der Waals surface area (Å²) in [6, 6.07) is 8.09. The highest BCUT2D eigenvalue weighted by Crippen LogP contribution is 2.32. The summed E-state index contributed by atoms with van der Waals surface area (Å²) in [6.45, 7) is 0. The number of halogens is 2. The van der Waals surface area contributed by atoms with Gasteiger partial charge < -0.3 is 9.47 Å². The molecule has 8 heteroatoms. The van der Waals surface area contributed by atoms with Crippen LogP contribution in [0.25, 0.3) is 0 Å². The van der Waals surface area contributed by atoms with E-state index in [1.54, 1.807) is 12.1 Å². The molecular weight excluding hydrogens is 333 g/mol. The van der Waals surface area contributed by atoms with Crippen LogP contribution < -0.4 is 14.2 Å². The van der Waals surface area contributed by atoms with Gasteiger partial charge in [0.2, 0.25) is 0 Å². The van der Waals surface area contributed by atoms with E-state index >= 15 is 0 Å². The minimum absolute atomic E-state index is 0.0988. The first kappa shape index (κ1) is 16.4. The maximum atomic E-state index is 14.1. The van der Waals surface area contributed by atoms with Gasteiger partial charge in [-0.15, -0.1) is 0 Å². The van der Waals surface area contributed by atoms with Crippen molar-refractivity contribution >= 4 is 27.3 Å². The van der Waals surface area contributed by atoms with E-state index in [0.29, 0.717) is 5.02 Å². The van der Waals surface area contributed by atoms with Crippen molar-refractivity contribution in [1.29, 1.82) is 0 Å². The second-order valence-electron chi connectivity index (χ2n) is 4.25. The fourth-order valence-electron chi connectivity index (χ4n) is 1.80. The molecule has 1 N–H and O–H groups in total. The summed E-state index contributed by atoms with van der Waals surface area (Å²) in [5.74, 6) is -0.746. The van der Waals surface area contributed by atoms with Gasteiger partial charge in [0.05, 0.1) is 19.9 Å². The molecule has 0 aliphatic rings. The lowest BCUT2D eigenvalue weighted by molar-refractivity contribution is 0.350. The van der Waals surface area contributed by atoms with Crippen molar-refractivity contribution in [2.75, 3.05) is 18.9 Å². The minimum Gasteiger partial charge on any atom is -0.493 e. The Labute approximate surface area is 132 Å². The molecule has 0 aliphatic heterocycles. The second kappa shape index (κ2) is 6.41. The van der Waals surface area contributed by atoms with Crippen molar-refractivity contribution in [3.63, 3.8) is 0 Å². The van der Waals surface area contributed by atoms with Crippen LogP contribution in [0.5, 0.6) is 11.5 Å². The fourth-order valence-corrected chi connectivity index (χ4v) is 3.12. The zero-order valence-corrected chi connectivity index (χ0v) is 13.3. The molecule has 0 radical (unpaired) electrons. The zero-order chi connectivity index (χ0) is 16.3. The fraction of sp³-hybridized carbons (Fsp3) is 0.143. The van der Waals surface area contributed by atoms with E-state index in [-0.39, 0.29) is 17.2 Å². The van der Waals surface area contributed by atoms with E-state index in [4.69, 9.17) is 21.1 Å². The standard InChI is InChI=1S/C14H13ClFNO4S/c1-20-12-7-11(16)14(8-13(12)21-2)22(18,19)17-10-5-3-4-9(15)6-10/h3-8,17H,1-2H3. The molecular formula is C14H13ClFNO4S. The molecule has 118 valence electrons. The van der Waals surface area contributed by atoms with Crippen LogP contribution >= 0.6 is 11.6 Å². The quantitative estimate of drug-likeness (QED) is 0.903. The number of hydrogen-bond donors (Lipinski definition) is 1. The van der Waals surface area contributed by atoms with E-state index in [1.165, 1.54) is 26.4 Å². The van der Waals surface area contributed by atoms with Crippen LogP contribution in [-0.2, 0) is 10.0 Å². The lowest BCUT2D eigenvalue weighted by atomic mass is 10.3. The topological polar surface area (TPSA) is 64.6 Å². The highest BCUT2D eigenvalue weighted by atomic mass is 35.5. The summed E-state index contributed by atoms with van der Waals surface area (Å²) >= 11 is 5.79. The lowest BCUT2D eigenvalue weighted by Crippen LogP contribution is -2.15. The number of sulfonamides is 1. The number of ether oxygens (including phenoxy) is 2. The minimum atomic E-state index is -4.14. The predicted octanol–water partition coefficient (Wildman–Crippen LogP) is 3.30. The third kappa shape index (κ3) is 3.42. The van der Waals surface area contributed by atoms with E-state index < -0.39 is 20.7 Å². The Morgan fingerprint density at radius 2 is 1.73 bits per heavy atom. The maximum absolute atomic E-state index is 14.1. The molecule has 0 fully saturated rings. The van der Waals surface area contributed by atoms with E-state index in [0.717, 1.165) is 12.1 Å². The first-order valence-electron chi connectivity index (χ1n) is 6.07. The Morgan fingerprint density at radius 3 is 2.32 bits per heavy atom. The third-order valence-electron chi connectivity index (χ3n) is 2.80. The molecule has 0 amide bonds. The van der Waals surface area contributed by atoms with Crippen LogP contribution in [0.4, 0.5) is 10.1 Å². The van der Waals surface area contributed by atoms with Crippen molar-refractivity contribution in [1.82, 2.24) is 0 Å². The molecule has 0 spiro atoms. The van der Waals surface area contributed by atoms with Crippen LogP contribution in [0.15, 0.2) is 41.3 Å². The van der Waals surface area contributed by atoms with Crippen LogP contribution in [0.2, 0.25) is 5.02 Å². The van der Waals surface area contributed by atoms with Gasteiger partial charge in [-0.2, -0.15) is 0 Å². The van der Waals surface area contributed by atoms with Gasteiger partial charge in [0, 0.05) is 17.2 Å². The van der Waals surface area contributed by atoms with Crippen LogP contribution in [0.1, 0.15) is 0 Å². The SMILES string of the molecule is COc1cc(F)c(S(=O)(=O)Nc2cccc(Cl)c2)cc1OC. The molecule has 0 atom stereocenters. The smallest absolute Gasteiger partial charge is 0.264 e. The Morgan fingerprint density at radius 1 is 1.09 bits per heavy atom. The van der Waals surface area contributed by atoms with Gasteiger partial charge in [0.1, 0.15) is 10.7 Å². The monoisotopic (exact) mass is 345 g/mol. The number of hydrogen-bond acceptors (Lipinski definition) is 4. The summed E-state index contributed by atoms with van der Waals surface area (Å²) in [6.07, 6.45) is 0. The third-order valence-corrected chi connectivity index (χ3v) is 4.44. The normalized spacial score (nSPS) is 11.1. The van der Waals surface area contributed by atoms with Crippen LogP contribution in [0, 0.1) is 5.82 Å². The van der Waals surface area contributed by atoms with Gasteiger partial charge in [-0.25, -0.2) is 12.8 Å². The summed E-state index contributed by atoms with van der Waals surface area (Å²) in [4.78, 5) is -0.551. The lowest BCUT2D eigenvalue weighted by Gasteiger charge is -2.12. The average molecular weight is 346 g/mol. The molecule has 2 rings (SSSR count). The van der Waals surface area contributed by atoms with Gasteiger partial charge in [-0.05, 0) is 18.2 Å². The molecule has 0 aromatic heterocycles. The summed E-state index contributed by atoms with van der Waals surface area (Å²) in [5, 5.41) is 0.355. The van der Waals surface area contributed by atoms with Crippen molar-refractivity contribution in [3.8, 4) is 11.5 Å². The van der Waals surface area contributed by atoms with Gasteiger partial charge in [-0.3, -0.25) is 4.72 Å². The van der Waals surface area contributed by atoms with Gasteiger partial charge in [0.15, 0.2) is 11.5 Å². The average Bonchev–Trinajstić information content (AvgIpc) is 2.46. The zero-order valence-electron chi connectivity index (χ0n) is 11.8. The largest absolute Gasteiger partial charge is 0.493 e. The first-order chi connectivity index (χ1) is 10.4. The summed E-state index contributed by atoms with van der Waals surface area (Å²) < 4.78 is 50.8. The van der Waals surface area contributed by atoms with Gasteiger partial charge in [0.25, 0.3) is 10.0 Å². The maximum Gasteiger partial charge on any atom is 0.264 e. The Bertz CT molecular complexity index is 795. The molecule has 0 aliphatic carbocycles. The molecule has 0 unspecified atom stereocenters. The van der Waals surface area contributed by atoms with Crippen molar-refractivity contribution in [2.24, 2.45) is 0 Å². The predicted molar refractivity (Wildman–Crippen MR) is 81.8 cm³/mol. The number of rotatable bonds is 5. The second-order valence-corrected chi connectivity index (χ2v) is 6.34. The molecule has 0 saturated carbocycles. The molecule has 2 aromatic rings. The summed E-state index contributed by atoms with van der Waals surface area (Å²) in [7, 11) is -1.48. The van der Waals surface area contributed by atoms with Gasteiger partial charge in [-0.1, -0.05) is 17.7 Å². The highest BCUT2D eigenvalue weighted by Gasteiger charge is 2.22. The Hall–Kier alpha value is -1.99. The van der Waals surface area contributed by atoms with Crippen LogP contribution in [0.3, 0.4) is 0 Å². The van der Waals surface area contributed by atoms with E-state index in [1.807, 2.05) is 0 Å². The number of methoxy groups -OCH3 is 2. The Balaban J connectivity index is 2.45. The molecule has 22 heavy (non-hydrogen) atoms. The number of benzene rings is 2. The molecule has 0 saturated heterocycles. The highest BCUT2D eigenvalue weighted by molar-refractivity contribution is 7.92. The Kier molecular flexibility index (Phi) is 4.77. The van der Waals surface area contributed by atoms with Crippen LogP contribution in [-0.4, -0.2) is 22.6 Å². The number of anilines is 1. The van der Waals surface area contributed by atoms with Crippen molar-refractivity contribution in [3.05, 3.63) is 47.2 Å². The van der Waals surface area contributed by atoms with Crippen molar-refractivity contribution in [2.45, 2.75) is 4.90 Å². The molecule has 0 heterocycles. The molecule has 5 nitrogen and oxygen atoms in total. The van der Waals surface area contributed by atoms with Crippen molar-refractivity contribution < 1.29 is 22.3 Å². The first-order valence-corrected chi connectivity index (χ1v) is 7.93. The van der Waals surface area contributed by atoms with Gasteiger partial charge >= 0.3 is 0 Å². The number of nitrogens with one attached hydrogen (secondary N) is 1. The van der Waals surface area contributed by atoms with E-state index in [9.17, 15) is 12.8 Å². The summed E-state index contributed by atoms with van der Waals surface area (Å²) in [5.41, 5.74) is 0.224. The molecule has 2 aromatic carbocycles.